The number of halogens is 4. The van der Waals surface area contributed by atoms with Crippen molar-refractivity contribution in [2.24, 2.45) is 0 Å². The number of hydrogen-bond donors (Lipinski definition) is 2. The molecule has 0 fully saturated rings. The van der Waals surface area contributed by atoms with Crippen LogP contribution in [0.4, 0.5) is 17.6 Å². The third kappa shape index (κ3) is 3.69. The average molecular weight is 265 g/mol. The summed E-state index contributed by atoms with van der Waals surface area (Å²) in [7, 11) is 0. The van der Waals surface area contributed by atoms with Gasteiger partial charge in [-0.3, -0.25) is 4.79 Å². The molecule has 7 heteroatoms. The second-order valence-electron chi connectivity index (χ2n) is 3.73. The number of carbonyl (C=O) groups excluding carboxylic acids is 1. The monoisotopic (exact) mass is 265 g/mol. The maximum absolute atomic E-state index is 12.9. The molecule has 3 nitrogen and oxygen atoms in total. The van der Waals surface area contributed by atoms with Gasteiger partial charge in [0.15, 0.2) is 6.10 Å². The predicted octanol–water partition coefficient (Wildman–Crippen LogP) is 1.79. The molecule has 1 aromatic rings. The van der Waals surface area contributed by atoms with Crippen LogP contribution in [0.2, 0.25) is 0 Å². The quantitative estimate of drug-likeness (QED) is 0.818. The number of aryl methyl sites for hydroxylation is 1. The molecular weight excluding hydrogens is 254 g/mol. The maximum atomic E-state index is 12.9. The van der Waals surface area contributed by atoms with Crippen LogP contribution in [0.5, 0.6) is 0 Å². The van der Waals surface area contributed by atoms with Crippen LogP contribution in [0.25, 0.3) is 0 Å². The average Bonchev–Trinajstić information content (AvgIpc) is 2.27. The lowest BCUT2D eigenvalue weighted by Crippen LogP contribution is -2.40. The van der Waals surface area contributed by atoms with E-state index in [2.05, 4.69) is 0 Å². The summed E-state index contributed by atoms with van der Waals surface area (Å²) in [6, 6.07) is 3.41. The minimum Gasteiger partial charge on any atom is -0.382 e. The van der Waals surface area contributed by atoms with E-state index in [1.54, 1.807) is 0 Å². The van der Waals surface area contributed by atoms with E-state index in [9.17, 15) is 22.4 Å². The fourth-order valence-electron chi connectivity index (χ4n) is 1.19. The number of aliphatic hydroxyl groups is 1. The molecule has 100 valence electrons. The van der Waals surface area contributed by atoms with Crippen molar-refractivity contribution < 1.29 is 27.5 Å². The summed E-state index contributed by atoms with van der Waals surface area (Å²) in [6.07, 6.45) is -7.41. The summed E-state index contributed by atoms with van der Waals surface area (Å²) >= 11 is 0. The van der Waals surface area contributed by atoms with Gasteiger partial charge in [-0.05, 0) is 30.7 Å². The molecule has 0 bridgehead atoms. The zero-order valence-electron chi connectivity index (χ0n) is 9.38. The molecule has 0 aliphatic rings. The van der Waals surface area contributed by atoms with Crippen LogP contribution < -0.4 is 5.32 Å². The van der Waals surface area contributed by atoms with Crippen molar-refractivity contribution in [3.05, 3.63) is 35.1 Å². The number of rotatable bonds is 3. The molecule has 18 heavy (non-hydrogen) atoms. The van der Waals surface area contributed by atoms with Crippen LogP contribution >= 0.6 is 0 Å². The number of benzene rings is 1. The summed E-state index contributed by atoms with van der Waals surface area (Å²) in [6.45, 7) is 0.482. The number of aliphatic hydroxyl groups excluding tert-OH is 1. The third-order valence-corrected chi connectivity index (χ3v) is 2.25. The SMILES string of the molecule is Cc1cc(C(=O)NCC(O)C(F)(F)F)ccc1F. The first-order valence-electron chi connectivity index (χ1n) is 5.01. The zero-order chi connectivity index (χ0) is 13.9. The number of carbonyl (C=O) groups is 1. The third-order valence-electron chi connectivity index (χ3n) is 2.25. The first-order chi connectivity index (χ1) is 8.21. The topological polar surface area (TPSA) is 49.3 Å². The molecule has 1 atom stereocenters. The van der Waals surface area contributed by atoms with Gasteiger partial charge < -0.3 is 10.4 Å². The van der Waals surface area contributed by atoms with Gasteiger partial charge in [0, 0.05) is 5.56 Å². The normalized spacial score (nSPS) is 13.2. The van der Waals surface area contributed by atoms with Gasteiger partial charge in [-0.25, -0.2) is 4.39 Å². The van der Waals surface area contributed by atoms with Crippen molar-refractivity contribution in [3.8, 4) is 0 Å². The minimum atomic E-state index is -4.79. The molecule has 1 aromatic carbocycles. The van der Waals surface area contributed by atoms with Crippen LogP contribution in [0.1, 0.15) is 15.9 Å². The first kappa shape index (κ1) is 14.4. The Hall–Kier alpha value is -1.63. The fourth-order valence-corrected chi connectivity index (χ4v) is 1.19. The van der Waals surface area contributed by atoms with Crippen LogP contribution in [0.3, 0.4) is 0 Å². The first-order valence-corrected chi connectivity index (χ1v) is 5.01. The van der Waals surface area contributed by atoms with Crippen LogP contribution in [-0.2, 0) is 0 Å². The fraction of sp³-hybridized carbons (Fsp3) is 0.364. The van der Waals surface area contributed by atoms with Gasteiger partial charge >= 0.3 is 6.18 Å². The molecule has 1 rings (SSSR count). The van der Waals surface area contributed by atoms with Crippen molar-refractivity contribution in [1.29, 1.82) is 0 Å². The Morgan fingerprint density at radius 1 is 1.44 bits per heavy atom. The Labute approximate surface area is 100 Å². The Kier molecular flexibility index (Phi) is 4.28. The van der Waals surface area contributed by atoms with Crippen molar-refractivity contribution in [3.63, 3.8) is 0 Å². The lowest BCUT2D eigenvalue weighted by atomic mass is 10.1. The summed E-state index contributed by atoms with van der Waals surface area (Å²) in [5, 5.41) is 10.6. The van der Waals surface area contributed by atoms with Crippen LogP contribution in [-0.4, -0.2) is 29.8 Å². The van der Waals surface area contributed by atoms with E-state index >= 15 is 0 Å². The van der Waals surface area contributed by atoms with Crippen molar-refractivity contribution in [2.45, 2.75) is 19.2 Å². The lowest BCUT2D eigenvalue weighted by Gasteiger charge is -2.15. The number of hydrogen-bond acceptors (Lipinski definition) is 2. The second-order valence-corrected chi connectivity index (χ2v) is 3.73. The molecule has 1 amide bonds. The standard InChI is InChI=1S/C11H11F4NO2/c1-6-4-7(2-3-8(6)12)10(18)16-5-9(17)11(13,14)15/h2-4,9,17H,5H2,1H3,(H,16,18). The van der Waals surface area contributed by atoms with Crippen LogP contribution in [0.15, 0.2) is 18.2 Å². The van der Waals surface area contributed by atoms with Gasteiger partial charge in [-0.15, -0.1) is 0 Å². The highest BCUT2D eigenvalue weighted by atomic mass is 19.4. The van der Waals surface area contributed by atoms with Gasteiger partial charge in [0.05, 0.1) is 6.54 Å². The van der Waals surface area contributed by atoms with Gasteiger partial charge in [0.2, 0.25) is 0 Å². The minimum absolute atomic E-state index is 0.0308. The van der Waals surface area contributed by atoms with Gasteiger partial charge in [0.1, 0.15) is 5.82 Å². The Bertz CT molecular complexity index is 445. The molecule has 1 unspecified atom stereocenters. The zero-order valence-corrected chi connectivity index (χ0v) is 9.38. The molecular formula is C11H11F4NO2. The molecule has 2 N–H and O–H groups in total. The smallest absolute Gasteiger partial charge is 0.382 e. The predicted molar refractivity (Wildman–Crippen MR) is 55.5 cm³/mol. The van der Waals surface area contributed by atoms with E-state index in [4.69, 9.17) is 5.11 Å². The van der Waals surface area contributed by atoms with Gasteiger partial charge in [-0.1, -0.05) is 0 Å². The van der Waals surface area contributed by atoms with E-state index < -0.39 is 30.5 Å². The molecule has 0 heterocycles. The largest absolute Gasteiger partial charge is 0.416 e. The number of nitrogens with one attached hydrogen (secondary N) is 1. The van der Waals surface area contributed by atoms with E-state index in [1.165, 1.54) is 13.0 Å². The molecule has 0 saturated heterocycles. The van der Waals surface area contributed by atoms with Crippen molar-refractivity contribution >= 4 is 5.91 Å². The molecule has 0 spiro atoms. The summed E-state index contributed by atoms with van der Waals surface area (Å²) in [4.78, 5) is 11.4. The summed E-state index contributed by atoms with van der Waals surface area (Å²) in [5.41, 5.74) is 0.238. The highest BCUT2D eigenvalue weighted by Crippen LogP contribution is 2.19. The highest BCUT2D eigenvalue weighted by Gasteiger charge is 2.38. The molecule has 0 radical (unpaired) electrons. The Balaban J connectivity index is 2.63. The highest BCUT2D eigenvalue weighted by molar-refractivity contribution is 5.94. The number of alkyl halides is 3. The van der Waals surface area contributed by atoms with E-state index in [0.29, 0.717) is 0 Å². The van der Waals surface area contributed by atoms with Crippen LogP contribution in [0, 0.1) is 12.7 Å². The summed E-state index contributed by atoms with van der Waals surface area (Å²) in [5.74, 6) is -1.32. The molecule has 0 aliphatic carbocycles. The van der Waals surface area contributed by atoms with Gasteiger partial charge in [-0.2, -0.15) is 13.2 Å². The van der Waals surface area contributed by atoms with E-state index in [0.717, 1.165) is 12.1 Å². The Morgan fingerprint density at radius 2 is 2.06 bits per heavy atom. The lowest BCUT2D eigenvalue weighted by molar-refractivity contribution is -0.201. The maximum Gasteiger partial charge on any atom is 0.416 e. The van der Waals surface area contributed by atoms with E-state index in [1.807, 2.05) is 5.32 Å². The molecule has 0 saturated carbocycles. The molecule has 0 aromatic heterocycles. The molecule has 0 aliphatic heterocycles. The number of amides is 1. The van der Waals surface area contributed by atoms with Gasteiger partial charge in [0.25, 0.3) is 5.91 Å². The Morgan fingerprint density at radius 3 is 2.56 bits per heavy atom. The second kappa shape index (κ2) is 5.34. The van der Waals surface area contributed by atoms with Crippen molar-refractivity contribution in [1.82, 2.24) is 5.32 Å². The van der Waals surface area contributed by atoms with Crippen molar-refractivity contribution in [2.75, 3.05) is 6.54 Å². The van der Waals surface area contributed by atoms with E-state index in [-0.39, 0.29) is 11.1 Å². The summed E-state index contributed by atoms with van der Waals surface area (Å²) < 4.78 is 48.8.